The number of sulfonamides is 1. The van der Waals surface area contributed by atoms with Gasteiger partial charge < -0.3 is 19.5 Å². The number of ether oxygens (including phenoxy) is 3. The Hall–Kier alpha value is -4.39. The molecule has 4 atom stereocenters. The molecule has 48 heavy (non-hydrogen) atoms. The van der Waals surface area contributed by atoms with E-state index in [2.05, 4.69) is 10.0 Å². The second-order valence-electron chi connectivity index (χ2n) is 13.8. The van der Waals surface area contributed by atoms with Gasteiger partial charge in [-0.2, -0.15) is 0 Å². The van der Waals surface area contributed by atoms with E-state index < -0.39 is 56.5 Å². The molecule has 0 spiro atoms. The van der Waals surface area contributed by atoms with Crippen molar-refractivity contribution in [2.75, 3.05) is 13.7 Å². The van der Waals surface area contributed by atoms with Crippen molar-refractivity contribution in [3.05, 3.63) is 54.6 Å². The molecule has 2 aliphatic carbocycles. The summed E-state index contributed by atoms with van der Waals surface area (Å²) < 4.78 is 45.1. The van der Waals surface area contributed by atoms with E-state index in [4.69, 9.17) is 19.2 Å². The van der Waals surface area contributed by atoms with Crippen molar-refractivity contribution in [3.8, 4) is 22.8 Å². The smallest absolute Gasteiger partial charge is 0.411 e. The number of nitrogens with one attached hydrogen (secondary N) is 2. The van der Waals surface area contributed by atoms with Crippen molar-refractivity contribution in [1.82, 2.24) is 19.9 Å². The summed E-state index contributed by atoms with van der Waals surface area (Å²) in [5, 5.41) is 2.99. The Balaban J connectivity index is 1.29. The molecule has 13 heteroatoms. The molecule has 1 aromatic heterocycles. The molecule has 0 radical (unpaired) electrons. The monoisotopic (exact) mass is 678 g/mol. The quantitative estimate of drug-likeness (QED) is 0.314. The second-order valence-corrected chi connectivity index (χ2v) is 15.8. The van der Waals surface area contributed by atoms with Crippen LogP contribution in [0.1, 0.15) is 59.8 Å². The first-order valence-corrected chi connectivity index (χ1v) is 17.9. The minimum atomic E-state index is -3.82. The number of amides is 3. The third-order valence-electron chi connectivity index (χ3n) is 9.08. The minimum absolute atomic E-state index is 0.0418. The van der Waals surface area contributed by atoms with E-state index in [1.807, 2.05) is 61.5 Å². The van der Waals surface area contributed by atoms with Crippen molar-refractivity contribution in [2.24, 2.45) is 5.92 Å². The average Bonchev–Trinajstić information content (AvgIpc) is 3.97. The number of likely N-dealkylation sites (tertiary alicyclic amines) is 1. The van der Waals surface area contributed by atoms with Crippen molar-refractivity contribution in [1.29, 1.82) is 0 Å². The zero-order valence-corrected chi connectivity index (χ0v) is 28.6. The zero-order chi connectivity index (χ0) is 34.4. The molecule has 1 aliphatic heterocycles. The number of nitrogens with zero attached hydrogens (tertiary/aromatic N) is 2. The lowest BCUT2D eigenvalue weighted by Gasteiger charge is -2.29. The maximum absolute atomic E-state index is 14.0. The number of methoxy groups -OCH3 is 1. The topological polar surface area (TPSA) is 153 Å². The minimum Gasteiger partial charge on any atom is -0.497 e. The Morgan fingerprint density at radius 3 is 2.42 bits per heavy atom. The van der Waals surface area contributed by atoms with Crippen LogP contribution in [-0.4, -0.2) is 78.4 Å². The van der Waals surface area contributed by atoms with Gasteiger partial charge in [0.1, 0.15) is 34.8 Å². The summed E-state index contributed by atoms with van der Waals surface area (Å²) in [5.74, 6) is -0.400. The number of hydrogen-bond donors (Lipinski definition) is 2. The van der Waals surface area contributed by atoms with E-state index in [1.165, 1.54) is 4.90 Å². The van der Waals surface area contributed by atoms with Crippen molar-refractivity contribution in [3.63, 3.8) is 0 Å². The zero-order valence-electron chi connectivity index (χ0n) is 27.8. The lowest BCUT2D eigenvalue weighted by Crippen LogP contribution is -2.57. The fourth-order valence-corrected chi connectivity index (χ4v) is 7.65. The fraction of sp³-hybridized carbons (Fsp3) is 0.486. The molecule has 2 aromatic carbocycles. The van der Waals surface area contributed by atoms with Crippen LogP contribution in [0.5, 0.6) is 11.5 Å². The standard InChI is InChI=1S/C35H42N4O8S/c1-6-22-19-35(22,32(41)38-48(43,44)25-13-14-25)37-31(40)29-17-24(20-39(29)33(42)47-34(2,3)4)46-30-18-27(21-10-8-7-9-11-21)36-28-16-23(45-5)12-15-26(28)30/h7-12,15-16,18,22,24-25,29H,6,13-14,17,19-20H2,1-5H3,(H,37,40)(H,38,41). The van der Waals surface area contributed by atoms with Gasteiger partial charge >= 0.3 is 6.09 Å². The molecule has 3 fully saturated rings. The Labute approximate surface area is 280 Å². The Morgan fingerprint density at radius 2 is 1.79 bits per heavy atom. The lowest BCUT2D eigenvalue weighted by molar-refractivity contribution is -0.132. The number of aromatic nitrogens is 1. The number of rotatable bonds is 10. The predicted octanol–water partition coefficient (Wildman–Crippen LogP) is 4.56. The van der Waals surface area contributed by atoms with E-state index in [0.717, 1.165) is 10.9 Å². The Kier molecular flexibility index (Phi) is 8.78. The number of hydrogen-bond acceptors (Lipinski definition) is 9. The highest BCUT2D eigenvalue weighted by molar-refractivity contribution is 7.91. The summed E-state index contributed by atoms with van der Waals surface area (Å²) in [7, 11) is -2.24. The van der Waals surface area contributed by atoms with Gasteiger partial charge in [0, 0.05) is 29.5 Å². The van der Waals surface area contributed by atoms with Gasteiger partial charge in [0.05, 0.1) is 30.1 Å². The summed E-state index contributed by atoms with van der Waals surface area (Å²) in [6.07, 6.45) is 0.663. The van der Waals surface area contributed by atoms with Gasteiger partial charge in [0.2, 0.25) is 15.9 Å². The molecule has 3 aromatic rings. The number of carbonyl (C=O) groups excluding carboxylic acids is 3. The summed E-state index contributed by atoms with van der Waals surface area (Å²) >= 11 is 0. The van der Waals surface area contributed by atoms with Crippen molar-refractivity contribution in [2.45, 2.75) is 88.3 Å². The summed E-state index contributed by atoms with van der Waals surface area (Å²) in [6, 6.07) is 15.9. The highest BCUT2D eigenvalue weighted by Crippen LogP contribution is 2.47. The Bertz CT molecular complexity index is 1840. The predicted molar refractivity (Wildman–Crippen MR) is 179 cm³/mol. The lowest BCUT2D eigenvalue weighted by atomic mass is 10.1. The van der Waals surface area contributed by atoms with Gasteiger partial charge in [-0.25, -0.2) is 18.2 Å². The van der Waals surface area contributed by atoms with E-state index >= 15 is 0 Å². The SMILES string of the molecule is CCC1CC1(NC(=O)C1CC(Oc2cc(-c3ccccc3)nc3cc(OC)ccc23)CN1C(=O)OC(C)(C)C)C(=O)NS(=O)(=O)C1CC1. The maximum atomic E-state index is 14.0. The third-order valence-corrected chi connectivity index (χ3v) is 10.9. The molecule has 3 aliphatic rings. The summed E-state index contributed by atoms with van der Waals surface area (Å²) in [6.45, 7) is 7.14. The molecule has 256 valence electrons. The van der Waals surface area contributed by atoms with Crippen LogP contribution >= 0.6 is 0 Å². The molecule has 2 N–H and O–H groups in total. The van der Waals surface area contributed by atoms with Crippen LogP contribution in [0.25, 0.3) is 22.2 Å². The van der Waals surface area contributed by atoms with Crippen LogP contribution in [0.3, 0.4) is 0 Å². The van der Waals surface area contributed by atoms with E-state index in [0.29, 0.717) is 48.4 Å². The van der Waals surface area contributed by atoms with Crippen LogP contribution in [0.15, 0.2) is 54.6 Å². The van der Waals surface area contributed by atoms with Gasteiger partial charge in [-0.1, -0.05) is 43.7 Å². The van der Waals surface area contributed by atoms with Crippen molar-refractivity contribution >= 4 is 38.8 Å². The molecule has 12 nitrogen and oxygen atoms in total. The van der Waals surface area contributed by atoms with E-state index in [-0.39, 0.29) is 18.9 Å². The van der Waals surface area contributed by atoms with Gasteiger partial charge in [-0.15, -0.1) is 0 Å². The molecule has 6 rings (SSSR count). The van der Waals surface area contributed by atoms with E-state index in [9.17, 15) is 22.8 Å². The number of benzene rings is 2. The fourth-order valence-electron chi connectivity index (χ4n) is 6.29. The molecular weight excluding hydrogens is 636 g/mol. The van der Waals surface area contributed by atoms with Gasteiger partial charge in [0.25, 0.3) is 5.91 Å². The average molecular weight is 679 g/mol. The largest absolute Gasteiger partial charge is 0.497 e. The molecule has 2 heterocycles. The first-order chi connectivity index (χ1) is 22.7. The molecule has 3 amide bonds. The molecule has 0 bridgehead atoms. The molecular formula is C35H42N4O8S. The van der Waals surface area contributed by atoms with Crippen LogP contribution in [-0.2, 0) is 24.3 Å². The second kappa shape index (κ2) is 12.6. The van der Waals surface area contributed by atoms with Gasteiger partial charge in [0.15, 0.2) is 0 Å². The Morgan fingerprint density at radius 1 is 1.06 bits per heavy atom. The van der Waals surface area contributed by atoms with Gasteiger partial charge in [-0.3, -0.25) is 19.2 Å². The maximum Gasteiger partial charge on any atom is 0.411 e. The summed E-state index contributed by atoms with van der Waals surface area (Å²) in [4.78, 5) is 47.0. The highest BCUT2D eigenvalue weighted by Gasteiger charge is 2.62. The number of fused-ring (bicyclic) bond motifs is 1. The van der Waals surface area contributed by atoms with Crippen molar-refractivity contribution < 1.29 is 37.0 Å². The van der Waals surface area contributed by atoms with Gasteiger partial charge in [-0.05, 0) is 58.1 Å². The van der Waals surface area contributed by atoms with E-state index in [1.54, 1.807) is 27.9 Å². The third kappa shape index (κ3) is 6.92. The molecule has 1 saturated heterocycles. The van der Waals surface area contributed by atoms with Crippen LogP contribution in [0.2, 0.25) is 0 Å². The first kappa shape index (κ1) is 33.5. The molecule has 4 unspecified atom stereocenters. The highest BCUT2D eigenvalue weighted by atomic mass is 32.2. The normalized spacial score (nSPS) is 23.8. The first-order valence-electron chi connectivity index (χ1n) is 16.3. The number of pyridine rings is 1. The van der Waals surface area contributed by atoms with Crippen LogP contribution in [0.4, 0.5) is 4.79 Å². The van der Waals surface area contributed by atoms with Crippen LogP contribution in [0, 0.1) is 5.92 Å². The number of carbonyl (C=O) groups is 3. The summed E-state index contributed by atoms with van der Waals surface area (Å²) in [5.41, 5.74) is 0.00119. The molecule has 2 saturated carbocycles. The van der Waals surface area contributed by atoms with Crippen LogP contribution < -0.4 is 19.5 Å².